The zero-order chi connectivity index (χ0) is 17.2. The van der Waals surface area contributed by atoms with Crippen molar-refractivity contribution in [2.24, 2.45) is 0 Å². The van der Waals surface area contributed by atoms with E-state index in [2.05, 4.69) is 10.3 Å². The Balaban J connectivity index is 1.88. The molecule has 0 bridgehead atoms. The number of carbonyl (C=O) groups excluding carboxylic acids is 1. The first-order chi connectivity index (χ1) is 11.5. The molecular formula is C14H14N4O4S2. The van der Waals surface area contributed by atoms with Crippen molar-refractivity contribution >= 4 is 42.6 Å². The standard InChI is InChI=1S/C14H14N4O4S2/c15-4-3-13(19)17-14-16-11-2-1-10(9-12(11)23-14)24(20,21)18-5-7-22-8-6-18/h1-2,9H,3,5-8H2,(H,16,17,19). The normalized spacial score (nSPS) is 16.0. The number of rotatable bonds is 4. The number of amides is 1. The Hall–Kier alpha value is -2.06. The van der Waals surface area contributed by atoms with Gasteiger partial charge in [0.05, 0.1) is 34.4 Å². The third-order valence-electron chi connectivity index (χ3n) is 3.45. The molecule has 1 aromatic carbocycles. The van der Waals surface area contributed by atoms with Crippen molar-refractivity contribution in [1.82, 2.24) is 9.29 Å². The van der Waals surface area contributed by atoms with E-state index in [0.29, 0.717) is 41.7 Å². The highest BCUT2D eigenvalue weighted by Gasteiger charge is 2.26. The van der Waals surface area contributed by atoms with Crippen molar-refractivity contribution in [2.45, 2.75) is 11.3 Å². The SMILES string of the molecule is N#CCC(=O)Nc1nc2ccc(S(=O)(=O)N3CCOCC3)cc2s1. The van der Waals surface area contributed by atoms with Crippen LogP contribution in [0.4, 0.5) is 5.13 Å². The topological polar surface area (TPSA) is 112 Å². The summed E-state index contributed by atoms with van der Waals surface area (Å²) >= 11 is 1.17. The van der Waals surface area contributed by atoms with Gasteiger partial charge in [0.15, 0.2) is 5.13 Å². The van der Waals surface area contributed by atoms with E-state index in [-0.39, 0.29) is 11.3 Å². The van der Waals surface area contributed by atoms with Crippen molar-refractivity contribution in [3.63, 3.8) is 0 Å². The number of nitrogens with one attached hydrogen (secondary N) is 1. The monoisotopic (exact) mass is 366 g/mol. The molecule has 3 rings (SSSR count). The van der Waals surface area contributed by atoms with Gasteiger partial charge in [0.2, 0.25) is 15.9 Å². The lowest BCUT2D eigenvalue weighted by atomic mass is 10.3. The maximum atomic E-state index is 12.6. The van der Waals surface area contributed by atoms with E-state index in [1.165, 1.54) is 21.7 Å². The summed E-state index contributed by atoms with van der Waals surface area (Å²) < 4.78 is 32.5. The van der Waals surface area contributed by atoms with Gasteiger partial charge < -0.3 is 10.1 Å². The van der Waals surface area contributed by atoms with Crippen LogP contribution < -0.4 is 5.32 Å². The summed E-state index contributed by atoms with van der Waals surface area (Å²) in [4.78, 5) is 15.9. The van der Waals surface area contributed by atoms with Crippen LogP contribution >= 0.6 is 11.3 Å². The maximum Gasteiger partial charge on any atom is 0.243 e. The Kier molecular flexibility index (Phi) is 4.77. The Morgan fingerprint density at radius 2 is 2.17 bits per heavy atom. The number of aromatic nitrogens is 1. The number of sulfonamides is 1. The second-order valence-electron chi connectivity index (χ2n) is 5.05. The minimum Gasteiger partial charge on any atom is -0.379 e. The molecule has 2 heterocycles. The Morgan fingerprint density at radius 3 is 2.88 bits per heavy atom. The predicted octanol–water partition coefficient (Wildman–Crippen LogP) is 1.17. The van der Waals surface area contributed by atoms with E-state index < -0.39 is 15.9 Å². The van der Waals surface area contributed by atoms with Gasteiger partial charge in [-0.2, -0.15) is 9.57 Å². The van der Waals surface area contributed by atoms with Crippen LogP contribution in [0.25, 0.3) is 10.2 Å². The number of morpholine rings is 1. The second-order valence-corrected chi connectivity index (χ2v) is 8.02. The fourth-order valence-electron chi connectivity index (χ4n) is 2.29. The van der Waals surface area contributed by atoms with Crippen LogP contribution in [0.1, 0.15) is 6.42 Å². The smallest absolute Gasteiger partial charge is 0.243 e. The highest BCUT2D eigenvalue weighted by Crippen LogP contribution is 2.29. The molecule has 1 aliphatic rings. The molecule has 0 atom stereocenters. The van der Waals surface area contributed by atoms with Gasteiger partial charge in [0.25, 0.3) is 0 Å². The lowest BCUT2D eigenvalue weighted by Gasteiger charge is -2.25. The first-order valence-electron chi connectivity index (χ1n) is 7.16. The van der Waals surface area contributed by atoms with Crippen LogP contribution in [-0.4, -0.2) is 49.9 Å². The highest BCUT2D eigenvalue weighted by molar-refractivity contribution is 7.89. The number of nitriles is 1. The van der Waals surface area contributed by atoms with Crippen LogP contribution in [0.5, 0.6) is 0 Å². The summed E-state index contributed by atoms with van der Waals surface area (Å²) in [6, 6.07) is 6.43. The average Bonchev–Trinajstić information content (AvgIpc) is 2.97. The number of hydrogen-bond donors (Lipinski definition) is 1. The third-order valence-corrected chi connectivity index (χ3v) is 6.28. The first kappa shape index (κ1) is 16.8. The predicted molar refractivity (Wildman–Crippen MR) is 88.1 cm³/mol. The summed E-state index contributed by atoms with van der Waals surface area (Å²) in [6.07, 6.45) is -0.257. The van der Waals surface area contributed by atoms with E-state index in [1.807, 2.05) is 0 Å². The zero-order valence-corrected chi connectivity index (χ0v) is 14.2. The molecule has 0 aliphatic carbocycles. The van der Waals surface area contributed by atoms with Crippen LogP contribution in [0.15, 0.2) is 23.1 Å². The van der Waals surface area contributed by atoms with Gasteiger partial charge in [0.1, 0.15) is 6.42 Å². The van der Waals surface area contributed by atoms with E-state index in [9.17, 15) is 13.2 Å². The number of thiazole rings is 1. The van der Waals surface area contributed by atoms with Gasteiger partial charge in [-0.1, -0.05) is 11.3 Å². The van der Waals surface area contributed by atoms with Gasteiger partial charge in [-0.3, -0.25) is 4.79 Å². The molecule has 1 N–H and O–H groups in total. The number of ether oxygens (including phenoxy) is 1. The molecule has 8 nitrogen and oxygen atoms in total. The van der Waals surface area contributed by atoms with Crippen molar-refractivity contribution in [1.29, 1.82) is 5.26 Å². The number of nitrogens with zero attached hydrogens (tertiary/aromatic N) is 3. The molecule has 1 aliphatic heterocycles. The number of anilines is 1. The van der Waals surface area contributed by atoms with Gasteiger partial charge >= 0.3 is 0 Å². The molecule has 10 heteroatoms. The lowest BCUT2D eigenvalue weighted by Crippen LogP contribution is -2.40. The Labute approximate surface area is 142 Å². The summed E-state index contributed by atoms with van der Waals surface area (Å²) in [6.45, 7) is 1.44. The minimum absolute atomic E-state index is 0.190. The van der Waals surface area contributed by atoms with Crippen molar-refractivity contribution < 1.29 is 17.9 Å². The summed E-state index contributed by atoms with van der Waals surface area (Å²) in [7, 11) is -3.57. The van der Waals surface area contributed by atoms with Crippen molar-refractivity contribution in [3.8, 4) is 6.07 Å². The quantitative estimate of drug-likeness (QED) is 0.869. The largest absolute Gasteiger partial charge is 0.379 e. The van der Waals surface area contributed by atoms with Crippen molar-refractivity contribution in [3.05, 3.63) is 18.2 Å². The fraction of sp³-hybridized carbons (Fsp3) is 0.357. The lowest BCUT2D eigenvalue weighted by molar-refractivity contribution is -0.115. The number of fused-ring (bicyclic) bond motifs is 1. The van der Waals surface area contributed by atoms with Gasteiger partial charge in [-0.25, -0.2) is 13.4 Å². The molecule has 1 fully saturated rings. The van der Waals surface area contributed by atoms with Crippen LogP contribution in [-0.2, 0) is 19.6 Å². The molecule has 0 radical (unpaired) electrons. The van der Waals surface area contributed by atoms with E-state index in [4.69, 9.17) is 10.00 Å². The maximum absolute atomic E-state index is 12.6. The molecule has 1 aromatic heterocycles. The Bertz CT molecular complexity index is 910. The first-order valence-corrected chi connectivity index (χ1v) is 9.41. The second kappa shape index (κ2) is 6.82. The molecule has 0 saturated carbocycles. The van der Waals surface area contributed by atoms with Gasteiger partial charge in [0, 0.05) is 13.1 Å². The van der Waals surface area contributed by atoms with Crippen molar-refractivity contribution in [2.75, 3.05) is 31.6 Å². The molecule has 1 amide bonds. The summed E-state index contributed by atoms with van der Waals surface area (Å²) in [5.74, 6) is -0.447. The number of hydrogen-bond acceptors (Lipinski definition) is 7. The number of carbonyl (C=O) groups is 1. The van der Waals surface area contributed by atoms with E-state index in [0.717, 1.165) is 0 Å². The minimum atomic E-state index is -3.57. The molecule has 126 valence electrons. The van der Waals surface area contributed by atoms with Crippen LogP contribution in [0.2, 0.25) is 0 Å². The third kappa shape index (κ3) is 3.39. The molecule has 0 unspecified atom stereocenters. The summed E-state index contributed by atoms with van der Waals surface area (Å²) in [5, 5.41) is 11.4. The molecule has 0 spiro atoms. The number of benzene rings is 1. The fourth-order valence-corrected chi connectivity index (χ4v) is 4.72. The van der Waals surface area contributed by atoms with Gasteiger partial charge in [-0.15, -0.1) is 0 Å². The summed E-state index contributed by atoms with van der Waals surface area (Å²) in [5.41, 5.74) is 0.591. The Morgan fingerprint density at radius 1 is 1.42 bits per heavy atom. The van der Waals surface area contributed by atoms with Crippen LogP contribution in [0, 0.1) is 11.3 Å². The highest BCUT2D eigenvalue weighted by atomic mass is 32.2. The molecule has 1 saturated heterocycles. The van der Waals surface area contributed by atoms with Gasteiger partial charge in [-0.05, 0) is 18.2 Å². The molecule has 2 aromatic rings. The average molecular weight is 366 g/mol. The van der Waals surface area contributed by atoms with Crippen LogP contribution in [0.3, 0.4) is 0 Å². The van der Waals surface area contributed by atoms with E-state index >= 15 is 0 Å². The molecular weight excluding hydrogens is 352 g/mol. The molecule has 24 heavy (non-hydrogen) atoms. The van der Waals surface area contributed by atoms with E-state index in [1.54, 1.807) is 18.2 Å². The zero-order valence-electron chi connectivity index (χ0n) is 12.6.